The quantitative estimate of drug-likeness (QED) is 0.847. The summed E-state index contributed by atoms with van der Waals surface area (Å²) in [6.07, 6.45) is 0. The third-order valence-electron chi connectivity index (χ3n) is 3.79. The molecular weight excluding hydrogens is 312 g/mol. The number of esters is 1. The molecule has 23 heavy (non-hydrogen) atoms. The average Bonchev–Trinajstić information content (AvgIpc) is 3.06. The second-order valence-electron chi connectivity index (χ2n) is 5.29. The number of aromatic nitrogens is 3. The fourth-order valence-electron chi connectivity index (χ4n) is 2.65. The smallest absolute Gasteiger partial charge is 0.361 e. The largest absolute Gasteiger partial charge is 0.461 e. The maximum Gasteiger partial charge on any atom is 0.361 e. The summed E-state index contributed by atoms with van der Waals surface area (Å²) in [7, 11) is 0. The van der Waals surface area contributed by atoms with E-state index in [9.17, 15) is 4.79 Å². The van der Waals surface area contributed by atoms with Crippen molar-refractivity contribution < 1.29 is 9.53 Å². The molecule has 2 aromatic rings. The van der Waals surface area contributed by atoms with E-state index in [2.05, 4.69) is 26.4 Å². The Hall–Kier alpha value is -1.86. The van der Waals surface area contributed by atoms with Gasteiger partial charge >= 0.3 is 5.97 Å². The molecule has 122 valence electrons. The van der Waals surface area contributed by atoms with E-state index in [1.807, 2.05) is 30.0 Å². The summed E-state index contributed by atoms with van der Waals surface area (Å²) in [6, 6.07) is 8.03. The number of ether oxygens (including phenoxy) is 1. The fraction of sp³-hybridized carbons (Fsp3) is 0.438. The highest BCUT2D eigenvalue weighted by atomic mass is 32.2. The van der Waals surface area contributed by atoms with Crippen molar-refractivity contribution in [3.8, 4) is 11.3 Å². The van der Waals surface area contributed by atoms with Gasteiger partial charge < -0.3 is 4.74 Å². The lowest BCUT2D eigenvalue weighted by Gasteiger charge is -2.26. The Morgan fingerprint density at radius 3 is 2.87 bits per heavy atom. The van der Waals surface area contributed by atoms with Crippen LogP contribution < -0.4 is 0 Å². The summed E-state index contributed by atoms with van der Waals surface area (Å²) in [6.45, 7) is 5.12. The zero-order valence-electron chi connectivity index (χ0n) is 13.1. The molecule has 6 nitrogen and oxygen atoms in total. The van der Waals surface area contributed by atoms with Gasteiger partial charge in [-0.2, -0.15) is 22.1 Å². The van der Waals surface area contributed by atoms with Crippen molar-refractivity contribution in [1.29, 1.82) is 0 Å². The van der Waals surface area contributed by atoms with Gasteiger partial charge in [0.05, 0.1) is 6.61 Å². The van der Waals surface area contributed by atoms with E-state index < -0.39 is 5.97 Å². The minimum absolute atomic E-state index is 0.244. The molecule has 0 amide bonds. The zero-order chi connectivity index (χ0) is 16.1. The van der Waals surface area contributed by atoms with Crippen LogP contribution in [-0.2, 0) is 11.3 Å². The van der Waals surface area contributed by atoms with Gasteiger partial charge in [-0.3, -0.25) is 4.90 Å². The third kappa shape index (κ3) is 3.73. The van der Waals surface area contributed by atoms with Gasteiger partial charge in [0.1, 0.15) is 5.69 Å². The number of carbonyl (C=O) groups is 1. The Balaban J connectivity index is 1.88. The lowest BCUT2D eigenvalue weighted by atomic mass is 10.0. The molecule has 1 fully saturated rings. The first kappa shape index (κ1) is 16.0. The molecule has 0 bridgehead atoms. The van der Waals surface area contributed by atoms with Crippen molar-refractivity contribution in [2.75, 3.05) is 31.2 Å². The number of nitrogens with zero attached hydrogens (tertiary/aromatic N) is 3. The molecule has 0 unspecified atom stereocenters. The lowest BCUT2D eigenvalue weighted by molar-refractivity contribution is 0.0520. The van der Waals surface area contributed by atoms with Crippen molar-refractivity contribution in [2.24, 2.45) is 0 Å². The number of carbonyl (C=O) groups excluding carboxylic acids is 1. The highest BCUT2D eigenvalue weighted by Crippen LogP contribution is 2.26. The van der Waals surface area contributed by atoms with E-state index in [-0.39, 0.29) is 5.69 Å². The molecule has 1 saturated heterocycles. The highest BCUT2D eigenvalue weighted by Gasteiger charge is 2.22. The van der Waals surface area contributed by atoms with Gasteiger partial charge in [-0.05, 0) is 12.5 Å². The first-order chi connectivity index (χ1) is 11.3. The maximum absolute atomic E-state index is 12.0. The van der Waals surface area contributed by atoms with Gasteiger partial charge in [0.2, 0.25) is 0 Å². The van der Waals surface area contributed by atoms with Crippen LogP contribution >= 0.6 is 11.8 Å². The molecule has 2 heterocycles. The standard InChI is InChI=1S/C16H20N4O2S/c1-2-22-16(21)15-14(17-19-18-15)13-6-4-3-5-12(13)11-20-7-9-23-10-8-20/h3-6H,2,7-11H2,1H3,(H,17,18,19). The number of hydrogen-bond acceptors (Lipinski definition) is 6. The molecule has 0 saturated carbocycles. The van der Waals surface area contributed by atoms with Gasteiger partial charge in [-0.1, -0.05) is 24.3 Å². The highest BCUT2D eigenvalue weighted by molar-refractivity contribution is 7.99. The molecule has 0 aliphatic carbocycles. The van der Waals surface area contributed by atoms with Crippen molar-refractivity contribution in [2.45, 2.75) is 13.5 Å². The minimum atomic E-state index is -0.444. The Kier molecular flexibility index (Phi) is 5.30. The fourth-order valence-corrected chi connectivity index (χ4v) is 3.63. The normalized spacial score (nSPS) is 15.5. The molecule has 1 aliphatic heterocycles. The van der Waals surface area contributed by atoms with Crippen LogP contribution in [0.15, 0.2) is 24.3 Å². The lowest BCUT2D eigenvalue weighted by Crippen LogP contribution is -2.32. The predicted octanol–water partition coefficient (Wildman–Crippen LogP) is 2.20. The van der Waals surface area contributed by atoms with Crippen LogP contribution in [0.4, 0.5) is 0 Å². The maximum atomic E-state index is 12.0. The summed E-state index contributed by atoms with van der Waals surface area (Å²) in [4.78, 5) is 14.5. The minimum Gasteiger partial charge on any atom is -0.461 e. The number of aromatic amines is 1. The Labute approximate surface area is 139 Å². The first-order valence-corrected chi connectivity index (χ1v) is 8.91. The molecule has 1 aliphatic rings. The topological polar surface area (TPSA) is 71.1 Å². The number of thioether (sulfide) groups is 1. The first-order valence-electron chi connectivity index (χ1n) is 7.76. The molecule has 0 radical (unpaired) electrons. The summed E-state index contributed by atoms with van der Waals surface area (Å²) >= 11 is 1.99. The van der Waals surface area contributed by atoms with Crippen molar-refractivity contribution >= 4 is 17.7 Å². The zero-order valence-corrected chi connectivity index (χ0v) is 13.9. The van der Waals surface area contributed by atoms with Crippen LogP contribution in [0.25, 0.3) is 11.3 Å². The van der Waals surface area contributed by atoms with E-state index in [0.29, 0.717) is 12.3 Å². The van der Waals surface area contributed by atoms with Gasteiger partial charge in [0.25, 0.3) is 0 Å². The Morgan fingerprint density at radius 2 is 2.09 bits per heavy atom. The van der Waals surface area contributed by atoms with Crippen molar-refractivity contribution in [1.82, 2.24) is 20.3 Å². The van der Waals surface area contributed by atoms with Crippen molar-refractivity contribution in [3.05, 3.63) is 35.5 Å². The van der Waals surface area contributed by atoms with Crippen LogP contribution in [0.1, 0.15) is 23.0 Å². The SMILES string of the molecule is CCOC(=O)c1n[nH]nc1-c1ccccc1CN1CCSCC1. The molecule has 0 spiro atoms. The molecule has 0 atom stereocenters. The number of rotatable bonds is 5. The number of benzene rings is 1. The summed E-state index contributed by atoms with van der Waals surface area (Å²) in [5, 5.41) is 10.7. The predicted molar refractivity (Wildman–Crippen MR) is 90.4 cm³/mol. The molecular formula is C16H20N4O2S. The second-order valence-corrected chi connectivity index (χ2v) is 6.51. The van der Waals surface area contributed by atoms with Crippen LogP contribution in [0, 0.1) is 0 Å². The van der Waals surface area contributed by atoms with Crippen LogP contribution in [-0.4, -0.2) is 57.5 Å². The summed E-state index contributed by atoms with van der Waals surface area (Å²) < 4.78 is 5.06. The molecule has 7 heteroatoms. The van der Waals surface area contributed by atoms with E-state index in [1.54, 1.807) is 6.92 Å². The van der Waals surface area contributed by atoms with Crippen LogP contribution in [0.2, 0.25) is 0 Å². The molecule has 1 aromatic carbocycles. The van der Waals surface area contributed by atoms with Crippen molar-refractivity contribution in [3.63, 3.8) is 0 Å². The van der Waals surface area contributed by atoms with E-state index in [4.69, 9.17) is 4.74 Å². The van der Waals surface area contributed by atoms with E-state index in [0.717, 1.165) is 30.8 Å². The number of hydrogen-bond donors (Lipinski definition) is 1. The average molecular weight is 332 g/mol. The van der Waals surface area contributed by atoms with Crippen LogP contribution in [0.5, 0.6) is 0 Å². The summed E-state index contributed by atoms with van der Waals surface area (Å²) in [5.41, 5.74) is 2.89. The second kappa shape index (κ2) is 7.61. The summed E-state index contributed by atoms with van der Waals surface area (Å²) in [5.74, 6) is 1.89. The Morgan fingerprint density at radius 1 is 1.30 bits per heavy atom. The van der Waals surface area contributed by atoms with E-state index in [1.165, 1.54) is 11.5 Å². The number of nitrogens with one attached hydrogen (secondary N) is 1. The van der Waals surface area contributed by atoms with Gasteiger partial charge in [-0.15, -0.1) is 5.10 Å². The van der Waals surface area contributed by atoms with Gasteiger partial charge in [-0.25, -0.2) is 4.79 Å². The van der Waals surface area contributed by atoms with Gasteiger partial charge in [0.15, 0.2) is 5.69 Å². The van der Waals surface area contributed by atoms with Crippen LogP contribution in [0.3, 0.4) is 0 Å². The van der Waals surface area contributed by atoms with E-state index >= 15 is 0 Å². The molecule has 3 rings (SSSR count). The van der Waals surface area contributed by atoms with Gasteiger partial charge in [0, 0.05) is 36.7 Å². The Bertz CT molecular complexity index is 668. The third-order valence-corrected chi connectivity index (χ3v) is 4.73. The molecule has 1 N–H and O–H groups in total. The monoisotopic (exact) mass is 332 g/mol. The molecule has 1 aromatic heterocycles. The number of H-pyrrole nitrogens is 1.